The third-order valence-electron chi connectivity index (χ3n) is 0.589. The van der Waals surface area contributed by atoms with Crippen LogP contribution in [0.15, 0.2) is 0 Å². The summed E-state index contributed by atoms with van der Waals surface area (Å²) in [6.45, 7) is 1.29. The number of hydrogen-bond donors (Lipinski definition) is 0. The van der Waals surface area contributed by atoms with Gasteiger partial charge in [0.05, 0.1) is 6.42 Å². The molecular formula is C4H5Cl2NO2. The zero-order chi connectivity index (χ0) is 7.44. The van der Waals surface area contributed by atoms with Gasteiger partial charge in [-0.1, -0.05) is 0 Å². The van der Waals surface area contributed by atoms with Crippen molar-refractivity contribution in [2.45, 2.75) is 13.3 Å². The minimum absolute atomic E-state index is 0.243. The van der Waals surface area contributed by atoms with Crippen molar-refractivity contribution in [3.63, 3.8) is 0 Å². The van der Waals surface area contributed by atoms with E-state index in [9.17, 15) is 9.59 Å². The van der Waals surface area contributed by atoms with Crippen molar-refractivity contribution < 1.29 is 9.59 Å². The molecule has 0 bridgehead atoms. The number of ketones is 1. The summed E-state index contributed by atoms with van der Waals surface area (Å²) in [6, 6.07) is 0. The number of Topliss-reactive ketones (excluding diaryl/α,β-unsaturated/α-hetero) is 1. The van der Waals surface area contributed by atoms with E-state index >= 15 is 0 Å². The summed E-state index contributed by atoms with van der Waals surface area (Å²) in [5.74, 6) is -0.864. The number of carbonyl (C=O) groups is 2. The highest BCUT2D eigenvalue weighted by atomic mass is 35.5. The zero-order valence-corrected chi connectivity index (χ0v) is 6.24. The number of hydrogen-bond acceptors (Lipinski definition) is 2. The van der Waals surface area contributed by atoms with Crippen LogP contribution >= 0.6 is 23.6 Å². The molecule has 0 unspecified atom stereocenters. The van der Waals surface area contributed by atoms with Gasteiger partial charge in [0, 0.05) is 23.6 Å². The third kappa shape index (κ3) is 4.24. The molecule has 0 aromatic carbocycles. The van der Waals surface area contributed by atoms with Gasteiger partial charge in [-0.2, -0.15) is 3.94 Å². The lowest BCUT2D eigenvalue weighted by Gasteiger charge is -1.99. The van der Waals surface area contributed by atoms with E-state index in [1.807, 2.05) is 0 Å². The molecule has 0 aliphatic heterocycles. The topological polar surface area (TPSA) is 37.4 Å². The Bertz CT molecular complexity index is 135. The Kier molecular flexibility index (Phi) is 3.58. The Morgan fingerprint density at radius 2 is 1.89 bits per heavy atom. The van der Waals surface area contributed by atoms with Crippen molar-refractivity contribution >= 4 is 35.2 Å². The second kappa shape index (κ2) is 3.69. The van der Waals surface area contributed by atoms with Crippen molar-refractivity contribution in [3.05, 3.63) is 0 Å². The summed E-state index contributed by atoms with van der Waals surface area (Å²) in [7, 11) is 0. The van der Waals surface area contributed by atoms with E-state index in [4.69, 9.17) is 23.6 Å². The predicted molar refractivity (Wildman–Crippen MR) is 33.8 cm³/mol. The largest absolute Gasteiger partial charge is 0.299 e. The Hall–Kier alpha value is -0.280. The van der Waals surface area contributed by atoms with Gasteiger partial charge in [0.2, 0.25) is 0 Å². The van der Waals surface area contributed by atoms with Crippen LogP contribution in [0.1, 0.15) is 13.3 Å². The third-order valence-corrected chi connectivity index (χ3v) is 0.966. The molecule has 0 aliphatic carbocycles. The van der Waals surface area contributed by atoms with E-state index in [0.29, 0.717) is 3.94 Å². The molecular weight excluding hydrogens is 165 g/mol. The van der Waals surface area contributed by atoms with Crippen LogP contribution in [0.4, 0.5) is 0 Å². The van der Waals surface area contributed by atoms with Crippen LogP contribution in [0, 0.1) is 0 Å². The lowest BCUT2D eigenvalue weighted by molar-refractivity contribution is -0.128. The second-order valence-electron chi connectivity index (χ2n) is 1.51. The molecule has 0 N–H and O–H groups in total. The minimum Gasteiger partial charge on any atom is -0.299 e. The van der Waals surface area contributed by atoms with Gasteiger partial charge in [0.15, 0.2) is 0 Å². The smallest absolute Gasteiger partial charge is 0.259 e. The molecule has 0 rings (SSSR count). The Balaban J connectivity index is 3.64. The lowest BCUT2D eigenvalue weighted by Crippen LogP contribution is -2.13. The van der Waals surface area contributed by atoms with Crippen molar-refractivity contribution in [3.8, 4) is 0 Å². The summed E-state index contributed by atoms with van der Waals surface area (Å²) in [5, 5.41) is 0. The molecule has 0 atom stereocenters. The van der Waals surface area contributed by atoms with E-state index in [2.05, 4.69) is 0 Å². The number of nitrogens with zero attached hydrogens (tertiary/aromatic N) is 1. The summed E-state index contributed by atoms with van der Waals surface area (Å²) in [6.07, 6.45) is -0.243. The molecule has 0 spiro atoms. The fourth-order valence-electron chi connectivity index (χ4n) is 0.273. The fourth-order valence-corrected chi connectivity index (χ4v) is 0.392. The van der Waals surface area contributed by atoms with E-state index in [1.54, 1.807) is 0 Å². The molecule has 0 saturated carbocycles. The van der Waals surface area contributed by atoms with Crippen LogP contribution in [0.5, 0.6) is 0 Å². The fraction of sp³-hybridized carbons (Fsp3) is 0.500. The maximum absolute atomic E-state index is 10.4. The monoisotopic (exact) mass is 169 g/mol. The zero-order valence-electron chi connectivity index (χ0n) is 4.73. The Morgan fingerprint density at radius 3 is 2.00 bits per heavy atom. The van der Waals surface area contributed by atoms with Crippen LogP contribution < -0.4 is 0 Å². The standard InChI is InChI=1S/C4H5Cl2NO2/c1-3(8)2-4(9)7(5)6/h2H2,1H3. The minimum atomic E-state index is -0.606. The van der Waals surface area contributed by atoms with Crippen LogP contribution in [0.3, 0.4) is 0 Å². The van der Waals surface area contributed by atoms with Gasteiger partial charge in [0.25, 0.3) is 5.91 Å². The molecule has 5 heteroatoms. The van der Waals surface area contributed by atoms with E-state index < -0.39 is 5.91 Å². The van der Waals surface area contributed by atoms with E-state index in [-0.39, 0.29) is 12.2 Å². The molecule has 0 saturated heterocycles. The van der Waals surface area contributed by atoms with Gasteiger partial charge >= 0.3 is 0 Å². The molecule has 3 nitrogen and oxygen atoms in total. The van der Waals surface area contributed by atoms with Gasteiger partial charge in [-0.25, -0.2) is 0 Å². The molecule has 0 aromatic rings. The second-order valence-corrected chi connectivity index (χ2v) is 2.35. The molecule has 0 fully saturated rings. The highest BCUT2D eigenvalue weighted by Crippen LogP contribution is 2.01. The molecule has 0 radical (unpaired) electrons. The molecule has 52 valence electrons. The van der Waals surface area contributed by atoms with Gasteiger partial charge < -0.3 is 0 Å². The summed E-state index contributed by atoms with van der Waals surface area (Å²) in [5.41, 5.74) is 0. The molecule has 0 aromatic heterocycles. The molecule has 0 heterocycles. The highest BCUT2D eigenvalue weighted by Gasteiger charge is 2.09. The highest BCUT2D eigenvalue weighted by molar-refractivity contribution is 6.42. The number of carbonyl (C=O) groups excluding carboxylic acids is 2. The number of rotatable bonds is 2. The predicted octanol–water partition coefficient (Wildman–Crippen LogP) is 1.10. The quantitative estimate of drug-likeness (QED) is 0.459. The van der Waals surface area contributed by atoms with Gasteiger partial charge in [-0.05, 0) is 6.92 Å². The number of amides is 1. The Morgan fingerprint density at radius 1 is 1.44 bits per heavy atom. The first kappa shape index (κ1) is 8.72. The van der Waals surface area contributed by atoms with Crippen LogP contribution in [-0.2, 0) is 9.59 Å². The first-order chi connectivity index (χ1) is 4.04. The normalized spacial score (nSPS) is 8.78. The Labute approximate surface area is 62.7 Å². The van der Waals surface area contributed by atoms with Crippen molar-refractivity contribution in [2.75, 3.05) is 0 Å². The average Bonchev–Trinajstić information content (AvgIpc) is 1.63. The van der Waals surface area contributed by atoms with Crippen LogP contribution in [0.25, 0.3) is 0 Å². The molecule has 9 heavy (non-hydrogen) atoms. The van der Waals surface area contributed by atoms with E-state index in [0.717, 1.165) is 0 Å². The number of halogens is 2. The van der Waals surface area contributed by atoms with E-state index in [1.165, 1.54) is 6.92 Å². The van der Waals surface area contributed by atoms with Gasteiger partial charge in [-0.3, -0.25) is 9.59 Å². The molecule has 1 amide bonds. The van der Waals surface area contributed by atoms with Crippen molar-refractivity contribution in [2.24, 2.45) is 0 Å². The summed E-state index contributed by atoms with van der Waals surface area (Å²) < 4.78 is 0.349. The van der Waals surface area contributed by atoms with Crippen molar-refractivity contribution in [1.29, 1.82) is 0 Å². The summed E-state index contributed by atoms with van der Waals surface area (Å²) >= 11 is 9.94. The van der Waals surface area contributed by atoms with Gasteiger partial charge in [-0.15, -0.1) is 0 Å². The van der Waals surface area contributed by atoms with Crippen molar-refractivity contribution in [1.82, 2.24) is 3.94 Å². The van der Waals surface area contributed by atoms with Crippen LogP contribution in [-0.4, -0.2) is 15.6 Å². The maximum atomic E-state index is 10.4. The first-order valence-electron chi connectivity index (χ1n) is 2.18. The van der Waals surface area contributed by atoms with Crippen LogP contribution in [0.2, 0.25) is 0 Å². The molecule has 0 aliphatic rings. The SMILES string of the molecule is CC(=O)CC(=O)N(Cl)Cl. The summed E-state index contributed by atoms with van der Waals surface area (Å²) in [4.78, 5) is 20.6. The first-order valence-corrected chi connectivity index (χ1v) is 2.85. The van der Waals surface area contributed by atoms with Gasteiger partial charge in [0.1, 0.15) is 5.78 Å². The maximum Gasteiger partial charge on any atom is 0.259 e. The lowest BCUT2D eigenvalue weighted by atomic mass is 10.3. The average molecular weight is 170 g/mol.